The minimum Gasteiger partial charge on any atom is -0.500 e. The molecule has 12 aromatic heterocycles. The first kappa shape index (κ1) is 112. The molecule has 0 saturated heterocycles. The molecule has 0 bridgehead atoms. The van der Waals surface area contributed by atoms with E-state index >= 15 is 0 Å². The van der Waals surface area contributed by atoms with E-state index in [1.807, 2.05) is 143 Å². The van der Waals surface area contributed by atoms with Gasteiger partial charge in [0.05, 0.1) is 28.0 Å². The Bertz CT molecular complexity index is 8240. The third kappa shape index (κ3) is 28.5. The van der Waals surface area contributed by atoms with Gasteiger partial charge in [-0.15, -0.1) is 143 Å². The molecule has 12 heterocycles. The van der Waals surface area contributed by atoms with Crippen molar-refractivity contribution in [2.75, 3.05) is 0 Å². The Balaban J connectivity index is 0.000000145. The summed E-state index contributed by atoms with van der Waals surface area (Å²) in [5.74, 6) is 1.92. The maximum atomic E-state index is 6.50. The standard InChI is InChI=1S/C30H21N2O.2C29H27N2O.2C17H20N.C13H12N.3Ir/c1-20-19-31-27(18-26(20)22-11-6-3-7-12-22)24-13-8-14-25-29-28(33-30(24)25)16-15-23(32-29)17-21-9-4-2-5-10-21;1-19-15-24-22-11-8-12-23(25-17-21(13-14-30-25)18-29(2,3)4)27(22)32-28(24)26(31-19)16-20-9-6-5-7-10-20;1-18(2)12-23-15-26(31-16-19(23)3)25-17-30-20(4)28-24-11-10-22(14-27(24)32-29(25)28)13-21-8-6-5-7-9-21;1-12(2)9-16-10-17(18-11-14(16)4)15-7-5-13(3)6-8-15;1-12(2)9-16-11-18-17(10-14(16)4)15-7-5-13(3)6-8-15;1-10-3-6-12(7-4-10)13-8-5-11(2)9-14-13;;;/h2-12,14-16,18-19H,17H2,1H3;5-11,13-15,17H,16,18H2,1-4H3;5-11,14-16,18H,12-13H2,1-4H3;2*5-7,10-12H,9H2,1-4H3;3-6,8-9H,1-2H3;;;/q6*-1;;;. The summed E-state index contributed by atoms with van der Waals surface area (Å²) >= 11 is 0. The van der Waals surface area contributed by atoms with Crippen LogP contribution >= 0.6 is 0 Å². The van der Waals surface area contributed by atoms with Crippen LogP contribution in [0.2, 0.25) is 0 Å². The summed E-state index contributed by atoms with van der Waals surface area (Å²) in [4.78, 5) is 41.9. The molecule has 0 amide bonds. The molecule has 0 saturated carbocycles. The van der Waals surface area contributed by atoms with Crippen LogP contribution in [0.25, 0.3) is 145 Å². The van der Waals surface area contributed by atoms with Gasteiger partial charge in [-0.3, -0.25) is 9.97 Å². The molecular formula is C135H127Ir3N9O3-6. The van der Waals surface area contributed by atoms with Crippen molar-refractivity contribution < 1.29 is 73.6 Å². The summed E-state index contributed by atoms with van der Waals surface area (Å²) in [6, 6.07) is 114. The number of furan rings is 3. The van der Waals surface area contributed by atoms with Crippen molar-refractivity contribution in [3.63, 3.8) is 0 Å². The number of rotatable bonds is 20. The first-order valence-corrected chi connectivity index (χ1v) is 51.1. The Morgan fingerprint density at radius 1 is 0.327 bits per heavy atom. The number of hydrogen-bond acceptors (Lipinski definition) is 12. The predicted octanol–water partition coefficient (Wildman–Crippen LogP) is 33.9. The second-order valence-electron chi connectivity index (χ2n) is 41.3. The second-order valence-corrected chi connectivity index (χ2v) is 41.3. The molecule has 0 N–H and O–H groups in total. The monoisotopic (exact) mass is 2500 g/mol. The molecule has 12 nitrogen and oxygen atoms in total. The number of hydrogen-bond donors (Lipinski definition) is 0. The van der Waals surface area contributed by atoms with Gasteiger partial charge in [0.25, 0.3) is 0 Å². The van der Waals surface area contributed by atoms with Crippen molar-refractivity contribution >= 4 is 65.9 Å². The van der Waals surface area contributed by atoms with Crippen LogP contribution in [0.5, 0.6) is 0 Å². The molecule has 15 heteroatoms. The van der Waals surface area contributed by atoms with Crippen LogP contribution in [-0.4, -0.2) is 44.9 Å². The maximum absolute atomic E-state index is 6.50. The Labute approximate surface area is 925 Å². The van der Waals surface area contributed by atoms with Crippen molar-refractivity contribution in [1.29, 1.82) is 0 Å². The molecule has 10 aromatic carbocycles. The van der Waals surface area contributed by atoms with Gasteiger partial charge in [-0.25, -0.2) is 0 Å². The number of benzene rings is 10. The van der Waals surface area contributed by atoms with Gasteiger partial charge in [-0.1, -0.05) is 310 Å². The number of pyridine rings is 9. The van der Waals surface area contributed by atoms with E-state index in [0.717, 1.165) is 212 Å². The summed E-state index contributed by atoms with van der Waals surface area (Å²) in [5.41, 5.74) is 43.7. The van der Waals surface area contributed by atoms with E-state index in [1.54, 1.807) is 0 Å². The predicted molar refractivity (Wildman–Crippen MR) is 606 cm³/mol. The Morgan fingerprint density at radius 3 is 1.39 bits per heavy atom. The minimum atomic E-state index is 0. The molecular weight excluding hydrogens is 2370 g/mol. The van der Waals surface area contributed by atoms with Gasteiger partial charge >= 0.3 is 0 Å². The number of aryl methyl sites for hydroxylation is 10. The molecule has 0 aliphatic rings. The van der Waals surface area contributed by atoms with Crippen molar-refractivity contribution in [3.8, 4) is 78.7 Å². The zero-order chi connectivity index (χ0) is 103. The molecule has 0 aliphatic heterocycles. The molecule has 0 unspecified atom stereocenters. The van der Waals surface area contributed by atoms with Crippen molar-refractivity contribution in [2.24, 2.45) is 23.2 Å². The Kier molecular flexibility index (Phi) is 38.2. The fraction of sp³-hybridized carbons (Fsp3) is 0.222. The normalized spacial score (nSPS) is 11.1. The van der Waals surface area contributed by atoms with Gasteiger partial charge in [-0.2, -0.15) is 0 Å². The molecule has 0 aliphatic carbocycles. The van der Waals surface area contributed by atoms with E-state index in [9.17, 15) is 0 Å². The van der Waals surface area contributed by atoms with Gasteiger partial charge in [0.15, 0.2) is 0 Å². The summed E-state index contributed by atoms with van der Waals surface area (Å²) < 4.78 is 19.2. The quantitative estimate of drug-likeness (QED) is 0.0667. The van der Waals surface area contributed by atoms with Gasteiger partial charge < -0.3 is 48.1 Å². The molecule has 0 spiro atoms. The Morgan fingerprint density at radius 2 is 0.827 bits per heavy atom. The van der Waals surface area contributed by atoms with Gasteiger partial charge in [0.1, 0.15) is 16.7 Å². The zero-order valence-electron chi connectivity index (χ0n) is 89.0. The minimum absolute atomic E-state index is 0. The molecule has 22 rings (SSSR count). The fourth-order valence-electron chi connectivity index (χ4n) is 18.5. The molecule has 150 heavy (non-hydrogen) atoms. The van der Waals surface area contributed by atoms with Crippen molar-refractivity contribution in [1.82, 2.24) is 44.9 Å². The van der Waals surface area contributed by atoms with Gasteiger partial charge in [0, 0.05) is 132 Å². The van der Waals surface area contributed by atoms with Gasteiger partial charge in [-0.05, 0) is 245 Å². The SMILES string of the molecule is Cc1c[c-]c(-c2cc(C)c(CC(C)C)cn2)cc1.Cc1c[c-]c(-c2cc(CC(C)C)c(C)cn2)cc1.Cc1c[c-]c(-c2ccc(C)cn2)cc1.Cc1cc2c(oc3c(-c4cc(CC(C)(C)C)ccn4)[c-]ccc32)c(Cc2ccccc2)n1.Cc1cnc(-c2[c-]ccc3c2oc2ccc(Cc4ccccc4)nc23)cc1-c1ccccc1.Cc1cnc(-c2[c-]nc(C)c3c2oc2cc(Cc4ccccc4)ccc23)cc1CC(C)C.[Ir].[Ir].[Ir]. The molecule has 0 atom stereocenters. The molecule has 763 valence electrons. The number of aromatic nitrogens is 9. The summed E-state index contributed by atoms with van der Waals surface area (Å²) in [5, 5.41) is 5.30. The van der Waals surface area contributed by atoms with Crippen LogP contribution < -0.4 is 0 Å². The smallest absolute Gasteiger partial charge is 0.142 e. The maximum Gasteiger partial charge on any atom is 0.142 e. The first-order chi connectivity index (χ1) is 71.0. The summed E-state index contributed by atoms with van der Waals surface area (Å²) in [6.45, 7) is 41.0. The third-order valence-electron chi connectivity index (χ3n) is 26.0. The molecule has 3 radical (unpaired) electrons. The van der Waals surface area contributed by atoms with E-state index in [0.29, 0.717) is 17.8 Å². The first-order valence-electron chi connectivity index (χ1n) is 51.1. The van der Waals surface area contributed by atoms with Gasteiger partial charge in [0.2, 0.25) is 0 Å². The van der Waals surface area contributed by atoms with Crippen LogP contribution in [0.1, 0.15) is 174 Å². The largest absolute Gasteiger partial charge is 0.500 e. The van der Waals surface area contributed by atoms with Crippen LogP contribution in [-0.2, 0) is 105 Å². The van der Waals surface area contributed by atoms with Crippen LogP contribution in [0.3, 0.4) is 0 Å². The van der Waals surface area contributed by atoms with E-state index in [2.05, 4.69) is 372 Å². The summed E-state index contributed by atoms with van der Waals surface area (Å²) in [6.07, 6.45) is 21.4. The van der Waals surface area contributed by atoms with Crippen LogP contribution in [0.15, 0.2) is 336 Å². The molecule has 0 fully saturated rings. The average molecular weight is 2500 g/mol. The fourth-order valence-corrected chi connectivity index (χ4v) is 18.5. The molecule has 22 aromatic rings. The van der Waals surface area contributed by atoms with Crippen LogP contribution in [0.4, 0.5) is 0 Å². The van der Waals surface area contributed by atoms with E-state index < -0.39 is 0 Å². The zero-order valence-corrected chi connectivity index (χ0v) is 96.2. The average Bonchev–Trinajstić information content (AvgIpc) is 1.60. The third-order valence-corrected chi connectivity index (χ3v) is 26.0. The van der Waals surface area contributed by atoms with Crippen molar-refractivity contribution in [2.45, 2.75) is 176 Å². The second kappa shape index (κ2) is 51.4. The van der Waals surface area contributed by atoms with E-state index in [4.69, 9.17) is 33.2 Å². The number of nitrogens with zero attached hydrogens (tertiary/aromatic N) is 9. The Hall–Kier alpha value is -14.1. The topological polar surface area (TPSA) is 155 Å². The van der Waals surface area contributed by atoms with Crippen LogP contribution in [0, 0.1) is 129 Å². The van der Waals surface area contributed by atoms with Crippen molar-refractivity contribution in [3.05, 3.63) is 471 Å². The van der Waals surface area contributed by atoms with E-state index in [1.165, 1.54) is 89.0 Å². The number of fused-ring (bicyclic) bond motifs is 9. The van der Waals surface area contributed by atoms with E-state index in [-0.39, 0.29) is 65.7 Å². The summed E-state index contributed by atoms with van der Waals surface area (Å²) in [7, 11) is 0.